The van der Waals surface area contributed by atoms with Crippen molar-refractivity contribution in [2.24, 2.45) is 0 Å². The summed E-state index contributed by atoms with van der Waals surface area (Å²) in [4.78, 5) is 0. The zero-order chi connectivity index (χ0) is 8.27. The lowest BCUT2D eigenvalue weighted by Gasteiger charge is -2.12. The molecule has 1 rings (SSSR count). The third kappa shape index (κ3) is 2.43. The zero-order valence-electron chi connectivity index (χ0n) is 7.54. The summed E-state index contributed by atoms with van der Waals surface area (Å²) < 4.78 is 0. The van der Waals surface area contributed by atoms with E-state index in [1.807, 2.05) is 0 Å². The van der Waals surface area contributed by atoms with Crippen molar-refractivity contribution < 1.29 is 0 Å². The highest BCUT2D eigenvalue weighted by Gasteiger charge is 2.10. The lowest BCUT2D eigenvalue weighted by atomic mass is 10.4. The molecule has 0 saturated carbocycles. The smallest absolute Gasteiger partial charge is 0.0452 e. The number of hydrogen-bond acceptors (Lipinski definition) is 0. The average Bonchev–Trinajstić information content (AvgIpc) is 2.05. The van der Waals surface area contributed by atoms with Crippen LogP contribution in [0.5, 0.6) is 0 Å². The van der Waals surface area contributed by atoms with Crippen LogP contribution in [0.25, 0.3) is 0 Å². The van der Waals surface area contributed by atoms with Gasteiger partial charge in [-0.15, -0.1) is 0 Å². The van der Waals surface area contributed by atoms with E-state index in [0.29, 0.717) is 0 Å². The summed E-state index contributed by atoms with van der Waals surface area (Å²) in [5.41, 5.74) is 0. The minimum Gasteiger partial charge on any atom is -0.0742 e. The van der Waals surface area contributed by atoms with E-state index in [1.54, 1.807) is 5.19 Å². The normalized spacial score (nSPS) is 13.7. The quantitative estimate of drug-likeness (QED) is 0.562. The Labute approximate surface area is 74.9 Å². The molecule has 0 aliphatic rings. The van der Waals surface area contributed by atoms with Crippen molar-refractivity contribution in [2.75, 3.05) is 0 Å². The van der Waals surface area contributed by atoms with E-state index in [4.69, 9.17) is 0 Å². The van der Waals surface area contributed by atoms with Crippen LogP contribution in [0.4, 0.5) is 0 Å². The Balaban J connectivity index is 2.77. The van der Waals surface area contributed by atoms with Crippen LogP contribution in [0.1, 0.15) is 0 Å². The summed E-state index contributed by atoms with van der Waals surface area (Å²) in [6, 6.07) is 11.1. The predicted molar refractivity (Wildman–Crippen MR) is 62.0 cm³/mol. The van der Waals surface area contributed by atoms with Crippen molar-refractivity contribution in [3.8, 4) is 0 Å². The number of hydrogen-bond donors (Lipinski definition) is 0. The molecule has 0 saturated heterocycles. The summed E-state index contributed by atoms with van der Waals surface area (Å²) in [5, 5.41) is 1.71. The Morgan fingerprint density at radius 2 is 1.64 bits per heavy atom. The van der Waals surface area contributed by atoms with Gasteiger partial charge in [0.1, 0.15) is 0 Å². The van der Waals surface area contributed by atoms with Gasteiger partial charge in [-0.25, -0.2) is 0 Å². The van der Waals surface area contributed by atoms with E-state index in [-0.39, 0.29) is 16.1 Å². The van der Waals surface area contributed by atoms with Gasteiger partial charge in [-0.3, -0.25) is 0 Å². The van der Waals surface area contributed by atoms with Gasteiger partial charge in [0.05, 0.1) is 0 Å². The first-order valence-corrected chi connectivity index (χ1v) is 14.4. The van der Waals surface area contributed by atoms with Gasteiger partial charge in [0.15, 0.2) is 0 Å². The fraction of sp³-hybridized carbons (Fsp3) is 0.250. The minimum atomic E-state index is -0.356. The van der Waals surface area contributed by atoms with Gasteiger partial charge in [-0.1, -0.05) is 48.6 Å². The fourth-order valence-corrected chi connectivity index (χ4v) is 6.87. The highest BCUT2D eigenvalue weighted by atomic mass is 29.6. The Kier molecular flexibility index (Phi) is 3.29. The molecule has 0 heterocycles. The van der Waals surface area contributed by atoms with E-state index < -0.39 is 0 Å². The second-order valence-corrected chi connectivity index (χ2v) is 22.9. The van der Waals surface area contributed by atoms with Crippen molar-refractivity contribution in [3.05, 3.63) is 30.3 Å². The van der Waals surface area contributed by atoms with Crippen LogP contribution in [0, 0.1) is 0 Å². The minimum absolute atomic E-state index is 0.291. The maximum Gasteiger partial charge on any atom is 0.0452 e. The van der Waals surface area contributed by atoms with E-state index >= 15 is 0 Å². The van der Waals surface area contributed by atoms with Gasteiger partial charge < -0.3 is 0 Å². The van der Waals surface area contributed by atoms with Crippen molar-refractivity contribution in [2.45, 2.75) is 13.1 Å². The summed E-state index contributed by atoms with van der Waals surface area (Å²) in [5.74, 6) is 0. The molecule has 0 radical (unpaired) electrons. The van der Waals surface area contributed by atoms with E-state index in [2.05, 4.69) is 43.4 Å². The van der Waals surface area contributed by atoms with Crippen LogP contribution in [-0.2, 0) is 0 Å². The molecule has 0 fully saturated rings. The second kappa shape index (κ2) is 4.04. The van der Waals surface area contributed by atoms with Gasteiger partial charge in [-0.05, 0) is 9.76 Å². The summed E-state index contributed by atoms with van der Waals surface area (Å²) >= 11 is 0. The van der Waals surface area contributed by atoms with Gasteiger partial charge in [0, 0.05) is 16.1 Å². The van der Waals surface area contributed by atoms with Gasteiger partial charge in [-0.2, -0.15) is 0 Å². The molecule has 0 nitrogen and oxygen atoms in total. The maximum atomic E-state index is 2.50. The van der Waals surface area contributed by atoms with Gasteiger partial charge in [0.2, 0.25) is 0 Å². The Morgan fingerprint density at radius 1 is 1.09 bits per heavy atom. The molecule has 0 aliphatic carbocycles. The third-order valence-electron chi connectivity index (χ3n) is 2.33. The molecule has 1 aromatic rings. The SMILES string of the molecule is C[SiH](C)[SiH]([SiH3])c1ccccc1. The number of rotatable bonds is 2. The average molecular weight is 196 g/mol. The van der Waals surface area contributed by atoms with E-state index in [0.717, 1.165) is 0 Å². The van der Waals surface area contributed by atoms with Crippen molar-refractivity contribution in [1.29, 1.82) is 0 Å². The first-order chi connectivity index (χ1) is 5.22. The highest BCUT2D eigenvalue weighted by molar-refractivity contribution is 7.45. The van der Waals surface area contributed by atoms with Crippen LogP contribution in [0.3, 0.4) is 0 Å². The van der Waals surface area contributed by atoms with Gasteiger partial charge in [0.25, 0.3) is 0 Å². The maximum absolute atomic E-state index is 2.50. The zero-order valence-corrected chi connectivity index (χ0v) is 11.9. The largest absolute Gasteiger partial charge is 0.0742 e. The molecule has 0 bridgehead atoms. The second-order valence-electron chi connectivity index (χ2n) is 3.44. The number of benzene rings is 1. The topological polar surface area (TPSA) is 0 Å². The molecule has 0 spiro atoms. The molecule has 3 heteroatoms. The summed E-state index contributed by atoms with van der Waals surface area (Å²) in [6.45, 7) is 4.99. The molecule has 11 heavy (non-hydrogen) atoms. The molecule has 0 amide bonds. The van der Waals surface area contributed by atoms with Crippen molar-refractivity contribution in [1.82, 2.24) is 0 Å². The standard InChI is InChI=1S/C8H16Si3/c1-10(2)11(9)8-6-4-3-5-7-8/h3-7,10-11H,1-2,9H3. The molecule has 60 valence electrons. The molecule has 0 aromatic heterocycles. The van der Waals surface area contributed by atoms with Crippen molar-refractivity contribution >= 4 is 31.1 Å². The lowest BCUT2D eigenvalue weighted by Crippen LogP contribution is -2.42. The summed E-state index contributed by atoms with van der Waals surface area (Å²) in [7, 11) is 0.815. The molecule has 1 atom stereocenters. The molecular formula is C8H16Si3. The highest BCUT2D eigenvalue weighted by Crippen LogP contribution is 1.89. The third-order valence-corrected chi connectivity index (χ3v) is 26.9. The molecule has 0 aliphatic heterocycles. The Morgan fingerprint density at radius 3 is 2.09 bits per heavy atom. The van der Waals surface area contributed by atoms with Crippen LogP contribution < -0.4 is 5.19 Å². The lowest BCUT2D eigenvalue weighted by molar-refractivity contribution is 1.77. The van der Waals surface area contributed by atoms with Crippen LogP contribution >= 0.6 is 0 Å². The van der Waals surface area contributed by atoms with E-state index in [9.17, 15) is 0 Å². The van der Waals surface area contributed by atoms with Gasteiger partial charge >= 0.3 is 0 Å². The predicted octanol–water partition coefficient (Wildman–Crippen LogP) is -0.452. The Bertz CT molecular complexity index is 208. The molecule has 1 aromatic carbocycles. The first kappa shape index (κ1) is 8.96. The fourth-order valence-electron chi connectivity index (χ4n) is 1.14. The van der Waals surface area contributed by atoms with E-state index in [1.165, 1.54) is 9.76 Å². The summed E-state index contributed by atoms with van der Waals surface area (Å²) in [6.07, 6.45) is 0. The first-order valence-electron chi connectivity index (χ1n) is 4.26. The molecular weight excluding hydrogens is 180 g/mol. The molecule has 0 N–H and O–H groups in total. The van der Waals surface area contributed by atoms with Crippen LogP contribution in [0.15, 0.2) is 30.3 Å². The Hall–Kier alpha value is -0.129. The monoisotopic (exact) mass is 196 g/mol. The van der Waals surface area contributed by atoms with Crippen LogP contribution in [0.2, 0.25) is 13.1 Å². The van der Waals surface area contributed by atoms with Crippen molar-refractivity contribution in [3.63, 3.8) is 0 Å². The molecule has 1 unspecified atom stereocenters. The van der Waals surface area contributed by atoms with Crippen LogP contribution in [-0.4, -0.2) is 25.9 Å².